The van der Waals surface area contributed by atoms with Crippen molar-refractivity contribution in [2.75, 3.05) is 13.2 Å². The van der Waals surface area contributed by atoms with E-state index < -0.39 is 29.7 Å². The maximum atomic E-state index is 13.4. The van der Waals surface area contributed by atoms with Gasteiger partial charge in [0.2, 0.25) is 0 Å². The molecule has 0 saturated carbocycles. The maximum Gasteiger partial charge on any atom is 0.330 e. The highest BCUT2D eigenvalue weighted by atomic mass is 19.1. The van der Waals surface area contributed by atoms with E-state index in [0.29, 0.717) is 12.5 Å². The molecule has 0 fully saturated rings. The van der Waals surface area contributed by atoms with Crippen LogP contribution in [0, 0.1) is 29.9 Å². The summed E-state index contributed by atoms with van der Waals surface area (Å²) in [7, 11) is 0. The Balaban J connectivity index is 2.58. The molecule has 1 rings (SSSR count). The first-order valence-corrected chi connectivity index (χ1v) is 9.41. The lowest BCUT2D eigenvalue weighted by atomic mass is 10.1. The lowest BCUT2D eigenvalue weighted by Crippen LogP contribution is -2.48. The predicted molar refractivity (Wildman–Crippen MR) is 103 cm³/mol. The van der Waals surface area contributed by atoms with Crippen molar-refractivity contribution in [2.24, 2.45) is 5.92 Å². The number of rotatable bonds is 11. The molecule has 0 aliphatic heterocycles. The first kappa shape index (κ1) is 23.4. The van der Waals surface area contributed by atoms with Gasteiger partial charge in [0, 0.05) is 19.0 Å². The van der Waals surface area contributed by atoms with Gasteiger partial charge in [0.1, 0.15) is 17.7 Å². The van der Waals surface area contributed by atoms with E-state index in [1.165, 1.54) is 0 Å². The Kier molecular flexibility index (Phi) is 10.6. The third kappa shape index (κ3) is 9.91. The minimum absolute atomic E-state index is 0.125. The summed E-state index contributed by atoms with van der Waals surface area (Å²) in [6.07, 6.45) is 8.99. The lowest BCUT2D eigenvalue weighted by molar-refractivity contribution is -0.144. The van der Waals surface area contributed by atoms with Crippen molar-refractivity contribution in [3.63, 3.8) is 0 Å². The van der Waals surface area contributed by atoms with E-state index in [1.807, 2.05) is 0 Å². The van der Waals surface area contributed by atoms with E-state index in [-0.39, 0.29) is 18.6 Å². The van der Waals surface area contributed by atoms with Crippen LogP contribution in [0.25, 0.3) is 0 Å². The third-order valence-corrected chi connectivity index (χ3v) is 3.99. The maximum absolute atomic E-state index is 13.4. The number of unbranched alkanes of at least 4 members (excludes halogenated alkanes) is 2. The fraction of sp³-hybridized carbons (Fsp3) is 0.524. The van der Waals surface area contributed by atoms with Gasteiger partial charge in [0.05, 0.1) is 0 Å². The monoisotopic (exact) mass is 394 g/mol. The highest BCUT2D eigenvalue weighted by molar-refractivity contribution is 5.83. The molecule has 0 aromatic heterocycles. The van der Waals surface area contributed by atoms with Gasteiger partial charge < -0.3 is 15.4 Å². The number of halogens is 2. The van der Waals surface area contributed by atoms with Crippen LogP contribution in [0.2, 0.25) is 0 Å². The number of benzene rings is 1. The lowest BCUT2D eigenvalue weighted by Gasteiger charge is -2.18. The topological polar surface area (TPSA) is 67.4 Å². The molecular formula is C21H28F2N2O3. The number of urea groups is 1. The number of nitrogens with one attached hydrogen (secondary N) is 2. The van der Waals surface area contributed by atoms with Gasteiger partial charge in [0.25, 0.3) is 0 Å². The number of terminal acetylenes is 1. The predicted octanol–water partition coefficient (Wildman–Crippen LogP) is 3.57. The zero-order valence-corrected chi connectivity index (χ0v) is 16.4. The smallest absolute Gasteiger partial charge is 0.330 e. The fourth-order valence-electron chi connectivity index (χ4n) is 2.64. The molecule has 0 bridgehead atoms. The molecule has 1 aromatic carbocycles. The van der Waals surface area contributed by atoms with Gasteiger partial charge in [-0.2, -0.15) is 0 Å². The quantitative estimate of drug-likeness (QED) is 0.343. The Hall–Kier alpha value is -2.62. The second-order valence-corrected chi connectivity index (χ2v) is 6.99. The Morgan fingerprint density at radius 2 is 1.82 bits per heavy atom. The van der Waals surface area contributed by atoms with Gasteiger partial charge in [-0.15, -0.1) is 6.42 Å². The molecular weight excluding hydrogens is 366 g/mol. The van der Waals surface area contributed by atoms with E-state index in [9.17, 15) is 18.4 Å². The van der Waals surface area contributed by atoms with Crippen LogP contribution in [0.5, 0.6) is 0 Å². The fourth-order valence-corrected chi connectivity index (χ4v) is 2.64. The van der Waals surface area contributed by atoms with Gasteiger partial charge in [-0.25, -0.2) is 18.4 Å². The zero-order valence-electron chi connectivity index (χ0n) is 16.4. The molecule has 1 aromatic rings. The summed E-state index contributed by atoms with van der Waals surface area (Å²) in [6, 6.07) is 1.26. The third-order valence-electron chi connectivity index (χ3n) is 3.99. The Bertz CT molecular complexity index is 666. The van der Waals surface area contributed by atoms with Crippen molar-refractivity contribution in [3.8, 4) is 12.3 Å². The van der Waals surface area contributed by atoms with Crippen molar-refractivity contribution in [1.82, 2.24) is 10.6 Å². The first-order valence-electron chi connectivity index (χ1n) is 9.41. The van der Waals surface area contributed by atoms with Crippen LogP contribution in [0.15, 0.2) is 18.2 Å². The van der Waals surface area contributed by atoms with Crippen LogP contribution >= 0.6 is 0 Å². The van der Waals surface area contributed by atoms with Gasteiger partial charge >= 0.3 is 12.0 Å². The average molecular weight is 394 g/mol. The number of carbonyl (C=O) groups excluding carboxylic acids is 2. The SMILES string of the molecule is C#CCOC(=O)[C@H](Cc1cc(F)cc(F)c1)NC(=O)NCCCCCC(C)C. The summed E-state index contributed by atoms with van der Waals surface area (Å²) in [5.74, 6) is 0.508. The van der Waals surface area contributed by atoms with E-state index in [0.717, 1.165) is 43.9 Å². The minimum Gasteiger partial charge on any atom is -0.451 e. The summed E-state index contributed by atoms with van der Waals surface area (Å²) >= 11 is 0. The van der Waals surface area contributed by atoms with Crippen molar-refractivity contribution in [1.29, 1.82) is 0 Å². The Morgan fingerprint density at radius 3 is 2.43 bits per heavy atom. The van der Waals surface area contributed by atoms with E-state index >= 15 is 0 Å². The van der Waals surface area contributed by atoms with Crippen molar-refractivity contribution in [3.05, 3.63) is 35.4 Å². The summed E-state index contributed by atoms with van der Waals surface area (Å²) in [6.45, 7) is 4.53. The number of carbonyl (C=O) groups is 2. The van der Waals surface area contributed by atoms with Crippen molar-refractivity contribution in [2.45, 2.75) is 52.0 Å². The average Bonchev–Trinajstić information content (AvgIpc) is 2.61. The largest absolute Gasteiger partial charge is 0.451 e. The van der Waals surface area contributed by atoms with Crippen LogP contribution in [-0.4, -0.2) is 31.2 Å². The second-order valence-electron chi connectivity index (χ2n) is 6.99. The highest BCUT2D eigenvalue weighted by Gasteiger charge is 2.23. The zero-order chi connectivity index (χ0) is 20.9. The standard InChI is InChI=1S/C21H28F2N2O3/c1-4-10-28-20(26)19(13-16-11-17(22)14-18(23)12-16)25-21(27)24-9-7-5-6-8-15(2)3/h1,11-12,14-15,19H,5-10,13H2,2-3H3,(H2,24,25,27)/t19-/m0/s1. The van der Waals surface area contributed by atoms with E-state index in [2.05, 4.69) is 30.4 Å². The molecule has 0 heterocycles. The minimum atomic E-state index is -1.12. The number of hydrogen-bond acceptors (Lipinski definition) is 3. The molecule has 28 heavy (non-hydrogen) atoms. The van der Waals surface area contributed by atoms with Crippen LogP contribution in [0.1, 0.15) is 45.1 Å². The highest BCUT2D eigenvalue weighted by Crippen LogP contribution is 2.11. The van der Waals surface area contributed by atoms with Gasteiger partial charge in [-0.05, 0) is 30.0 Å². The molecule has 0 aliphatic carbocycles. The number of ether oxygens (including phenoxy) is 1. The molecule has 154 valence electrons. The molecule has 1 atom stereocenters. The molecule has 5 nitrogen and oxygen atoms in total. The van der Waals surface area contributed by atoms with E-state index in [1.54, 1.807) is 0 Å². The second kappa shape index (κ2) is 12.7. The van der Waals surface area contributed by atoms with Crippen LogP contribution in [0.4, 0.5) is 13.6 Å². The van der Waals surface area contributed by atoms with Gasteiger partial charge in [-0.1, -0.05) is 39.0 Å². The summed E-state index contributed by atoms with van der Waals surface area (Å²) in [5.41, 5.74) is 0.217. The molecule has 2 amide bonds. The first-order chi connectivity index (χ1) is 13.3. The molecule has 0 aliphatic rings. The van der Waals surface area contributed by atoms with Gasteiger partial charge in [-0.3, -0.25) is 0 Å². The summed E-state index contributed by atoms with van der Waals surface area (Å²) in [5, 5.41) is 5.16. The summed E-state index contributed by atoms with van der Waals surface area (Å²) in [4.78, 5) is 24.2. The molecule has 0 saturated heterocycles. The number of hydrogen-bond donors (Lipinski definition) is 2. The molecule has 7 heteroatoms. The van der Waals surface area contributed by atoms with Crippen LogP contribution in [0.3, 0.4) is 0 Å². The van der Waals surface area contributed by atoms with Crippen LogP contribution < -0.4 is 10.6 Å². The van der Waals surface area contributed by atoms with Crippen molar-refractivity contribution < 1.29 is 23.1 Å². The van der Waals surface area contributed by atoms with Crippen LogP contribution in [-0.2, 0) is 16.0 Å². The number of amides is 2. The normalized spacial score (nSPS) is 11.6. The molecule has 0 radical (unpaired) electrons. The van der Waals surface area contributed by atoms with Crippen molar-refractivity contribution >= 4 is 12.0 Å². The van der Waals surface area contributed by atoms with E-state index in [4.69, 9.17) is 11.2 Å². The molecule has 0 unspecified atom stereocenters. The number of esters is 1. The van der Waals surface area contributed by atoms with Gasteiger partial charge in [0.15, 0.2) is 6.61 Å². The molecule has 2 N–H and O–H groups in total. The molecule has 0 spiro atoms. The summed E-state index contributed by atoms with van der Waals surface area (Å²) < 4.78 is 31.6. The Labute approximate surface area is 165 Å². The Morgan fingerprint density at radius 1 is 1.14 bits per heavy atom.